The van der Waals surface area contributed by atoms with Gasteiger partial charge in [-0.25, -0.2) is 0 Å². The van der Waals surface area contributed by atoms with Crippen LogP contribution in [0.25, 0.3) is 0 Å². The predicted molar refractivity (Wildman–Crippen MR) is 86.3 cm³/mol. The molecule has 3 nitrogen and oxygen atoms in total. The van der Waals surface area contributed by atoms with Crippen LogP contribution in [0.2, 0.25) is 10.0 Å². The van der Waals surface area contributed by atoms with Crippen molar-refractivity contribution in [2.75, 3.05) is 6.54 Å². The van der Waals surface area contributed by atoms with Crippen LogP contribution in [-0.4, -0.2) is 17.8 Å². The van der Waals surface area contributed by atoms with E-state index >= 15 is 0 Å². The van der Waals surface area contributed by atoms with Gasteiger partial charge in [0.05, 0.1) is 11.9 Å². The summed E-state index contributed by atoms with van der Waals surface area (Å²) in [6.45, 7) is 0.790. The lowest BCUT2D eigenvalue weighted by molar-refractivity contribution is 0.104. The summed E-state index contributed by atoms with van der Waals surface area (Å²) in [5.74, 6) is 0.852. The normalized spacial score (nSPS) is 19.2. The topological polar surface area (TPSA) is 55.5 Å². The third-order valence-electron chi connectivity index (χ3n) is 3.50. The molecule has 0 saturated heterocycles. The molecule has 0 aromatic heterocycles. The Morgan fingerprint density at radius 2 is 2.05 bits per heavy atom. The zero-order valence-corrected chi connectivity index (χ0v) is 13.1. The van der Waals surface area contributed by atoms with E-state index in [4.69, 9.17) is 33.7 Å². The molecule has 0 heterocycles. The van der Waals surface area contributed by atoms with Crippen LogP contribution < -0.4 is 5.73 Å². The smallest absolute Gasteiger partial charge is 0.116 e. The Morgan fingerprint density at radius 3 is 2.71 bits per heavy atom. The molecule has 2 rings (SSSR count). The van der Waals surface area contributed by atoms with Crippen LogP contribution in [0, 0.1) is 5.92 Å². The minimum atomic E-state index is -0.442. The first-order valence-electron chi connectivity index (χ1n) is 6.93. The van der Waals surface area contributed by atoms with Crippen LogP contribution in [-0.2, 0) is 11.3 Å². The average Bonchev–Trinajstić information content (AvgIpc) is 2.47. The highest BCUT2D eigenvalue weighted by Crippen LogP contribution is 2.28. The summed E-state index contributed by atoms with van der Waals surface area (Å²) in [5.41, 5.74) is 6.25. The van der Waals surface area contributed by atoms with E-state index in [-0.39, 0.29) is 5.92 Å². The van der Waals surface area contributed by atoms with E-state index in [1.165, 1.54) is 0 Å². The van der Waals surface area contributed by atoms with E-state index in [9.17, 15) is 5.11 Å². The Morgan fingerprint density at radius 1 is 1.33 bits per heavy atom. The van der Waals surface area contributed by atoms with Gasteiger partial charge in [0.25, 0.3) is 0 Å². The fraction of sp³-hybridized carbons (Fsp3) is 0.375. The van der Waals surface area contributed by atoms with E-state index in [0.29, 0.717) is 36.0 Å². The molecule has 5 heteroatoms. The molecule has 0 bridgehead atoms. The molecule has 0 radical (unpaired) electrons. The maximum atomic E-state index is 10.0. The largest absolute Gasteiger partial charge is 0.493 e. The van der Waals surface area contributed by atoms with Gasteiger partial charge in [-0.1, -0.05) is 41.4 Å². The maximum Gasteiger partial charge on any atom is 0.116 e. The SMILES string of the molecule is NCCC(O)C1C=CC=C(OCc2c(Cl)cccc2Cl)C1. The number of hydrogen-bond acceptors (Lipinski definition) is 3. The minimum Gasteiger partial charge on any atom is -0.493 e. The summed E-state index contributed by atoms with van der Waals surface area (Å²) >= 11 is 12.2. The second-order valence-electron chi connectivity index (χ2n) is 5.02. The van der Waals surface area contributed by atoms with Crippen molar-refractivity contribution < 1.29 is 9.84 Å². The summed E-state index contributed by atoms with van der Waals surface area (Å²) in [7, 11) is 0. The number of halogens is 2. The van der Waals surface area contributed by atoms with Crippen LogP contribution in [0.3, 0.4) is 0 Å². The molecule has 0 saturated carbocycles. The molecule has 0 spiro atoms. The highest BCUT2D eigenvalue weighted by atomic mass is 35.5. The summed E-state index contributed by atoms with van der Waals surface area (Å²) in [5, 5.41) is 11.2. The molecule has 114 valence electrons. The van der Waals surface area contributed by atoms with Gasteiger partial charge in [-0.15, -0.1) is 0 Å². The van der Waals surface area contributed by atoms with E-state index in [0.717, 1.165) is 11.3 Å². The van der Waals surface area contributed by atoms with Gasteiger partial charge in [0, 0.05) is 27.9 Å². The maximum absolute atomic E-state index is 10.0. The second kappa shape index (κ2) is 7.85. The zero-order valence-electron chi connectivity index (χ0n) is 11.6. The van der Waals surface area contributed by atoms with E-state index in [1.807, 2.05) is 18.2 Å². The molecule has 1 aromatic carbocycles. The van der Waals surface area contributed by atoms with Gasteiger partial charge in [-0.2, -0.15) is 0 Å². The number of aliphatic hydroxyl groups excluding tert-OH is 1. The number of hydrogen-bond donors (Lipinski definition) is 2. The highest BCUT2D eigenvalue weighted by molar-refractivity contribution is 6.35. The first-order valence-corrected chi connectivity index (χ1v) is 7.68. The van der Waals surface area contributed by atoms with E-state index in [2.05, 4.69) is 0 Å². The van der Waals surface area contributed by atoms with Gasteiger partial charge in [0.2, 0.25) is 0 Å². The van der Waals surface area contributed by atoms with Crippen molar-refractivity contribution in [2.24, 2.45) is 11.7 Å². The molecular formula is C16H19Cl2NO2. The minimum absolute atomic E-state index is 0.0373. The molecule has 1 aliphatic carbocycles. The molecule has 0 fully saturated rings. The van der Waals surface area contributed by atoms with Crippen molar-refractivity contribution >= 4 is 23.2 Å². The van der Waals surface area contributed by atoms with Crippen molar-refractivity contribution in [1.29, 1.82) is 0 Å². The van der Waals surface area contributed by atoms with Crippen molar-refractivity contribution in [1.82, 2.24) is 0 Å². The third-order valence-corrected chi connectivity index (χ3v) is 4.21. The summed E-state index contributed by atoms with van der Waals surface area (Å²) in [6.07, 6.45) is 6.57. The monoisotopic (exact) mass is 327 g/mol. The molecule has 0 aliphatic heterocycles. The summed E-state index contributed by atoms with van der Waals surface area (Å²) < 4.78 is 5.79. The van der Waals surface area contributed by atoms with Crippen LogP contribution in [0.4, 0.5) is 0 Å². The van der Waals surface area contributed by atoms with Gasteiger partial charge < -0.3 is 15.6 Å². The van der Waals surface area contributed by atoms with Gasteiger partial charge in [-0.05, 0) is 31.2 Å². The second-order valence-corrected chi connectivity index (χ2v) is 5.83. The Kier molecular flexibility index (Phi) is 6.12. The number of ether oxygens (including phenoxy) is 1. The van der Waals surface area contributed by atoms with Crippen LogP contribution in [0.15, 0.2) is 42.2 Å². The molecular weight excluding hydrogens is 309 g/mol. The molecule has 0 amide bonds. The van der Waals surface area contributed by atoms with Gasteiger partial charge in [0.15, 0.2) is 0 Å². The standard InChI is InChI=1S/C16H19Cl2NO2/c17-14-5-2-6-15(18)13(14)10-21-12-4-1-3-11(9-12)16(20)7-8-19/h1-6,11,16,20H,7-10,19H2. The molecule has 21 heavy (non-hydrogen) atoms. The van der Waals surface area contributed by atoms with Gasteiger partial charge in [-0.3, -0.25) is 0 Å². The Labute approximate surface area is 135 Å². The predicted octanol–water partition coefficient (Wildman–Crippen LogP) is 3.68. The number of aliphatic hydroxyl groups is 1. The van der Waals surface area contributed by atoms with Gasteiger partial charge in [0.1, 0.15) is 6.61 Å². The van der Waals surface area contributed by atoms with Crippen LogP contribution >= 0.6 is 23.2 Å². The van der Waals surface area contributed by atoms with Gasteiger partial charge >= 0.3 is 0 Å². The fourth-order valence-corrected chi connectivity index (χ4v) is 2.77. The number of benzene rings is 1. The number of allylic oxidation sites excluding steroid dienone is 3. The highest BCUT2D eigenvalue weighted by Gasteiger charge is 2.20. The first-order chi connectivity index (χ1) is 10.1. The molecule has 1 aliphatic rings. The van der Waals surface area contributed by atoms with E-state index < -0.39 is 6.10 Å². The van der Waals surface area contributed by atoms with Crippen molar-refractivity contribution in [3.05, 3.63) is 57.8 Å². The van der Waals surface area contributed by atoms with Crippen LogP contribution in [0.1, 0.15) is 18.4 Å². The van der Waals surface area contributed by atoms with Crippen LogP contribution in [0.5, 0.6) is 0 Å². The number of nitrogens with two attached hydrogens (primary N) is 1. The summed E-state index contributed by atoms with van der Waals surface area (Å²) in [4.78, 5) is 0. The molecule has 1 aromatic rings. The average molecular weight is 328 g/mol. The Balaban J connectivity index is 1.95. The van der Waals surface area contributed by atoms with Crippen molar-refractivity contribution in [3.8, 4) is 0 Å². The third kappa shape index (κ3) is 4.48. The number of rotatable bonds is 6. The van der Waals surface area contributed by atoms with Crippen molar-refractivity contribution in [2.45, 2.75) is 25.6 Å². The molecule has 2 atom stereocenters. The lowest BCUT2D eigenvalue weighted by Crippen LogP contribution is -2.24. The lowest BCUT2D eigenvalue weighted by Gasteiger charge is -2.23. The molecule has 2 unspecified atom stereocenters. The lowest BCUT2D eigenvalue weighted by atomic mass is 9.92. The summed E-state index contributed by atoms with van der Waals surface area (Å²) in [6, 6.07) is 5.38. The van der Waals surface area contributed by atoms with E-state index in [1.54, 1.807) is 18.2 Å². The fourth-order valence-electron chi connectivity index (χ4n) is 2.27. The zero-order chi connectivity index (χ0) is 15.2. The molecule has 3 N–H and O–H groups in total. The quantitative estimate of drug-likeness (QED) is 0.837. The van der Waals surface area contributed by atoms with Crippen molar-refractivity contribution in [3.63, 3.8) is 0 Å². The first kappa shape index (κ1) is 16.4. The Bertz CT molecular complexity index is 523. The Hall–Kier alpha value is -1.00.